The van der Waals surface area contributed by atoms with E-state index >= 15 is 0 Å². The fraction of sp³-hybridized carbons (Fsp3) is 0.235. The Morgan fingerprint density at radius 2 is 1.96 bits per heavy atom. The number of ketones is 1. The van der Waals surface area contributed by atoms with E-state index in [1.165, 1.54) is 17.3 Å². The van der Waals surface area contributed by atoms with Crippen LogP contribution < -0.4 is 0 Å². The Bertz CT molecular complexity index is 893. The molecule has 0 bridgehead atoms. The summed E-state index contributed by atoms with van der Waals surface area (Å²) in [5.74, 6) is 0.0486. The maximum atomic E-state index is 12.6. The van der Waals surface area contributed by atoms with Gasteiger partial charge in [-0.3, -0.25) is 9.20 Å². The number of aryl methyl sites for hydroxylation is 1. The van der Waals surface area contributed by atoms with Crippen molar-refractivity contribution in [3.8, 4) is 0 Å². The van der Waals surface area contributed by atoms with Gasteiger partial charge in [-0.05, 0) is 25.0 Å². The number of aromatic nitrogens is 3. The maximum Gasteiger partial charge on any atom is 0.196 e. The van der Waals surface area contributed by atoms with Crippen molar-refractivity contribution in [1.29, 1.82) is 0 Å². The van der Waals surface area contributed by atoms with Gasteiger partial charge in [-0.1, -0.05) is 66.2 Å². The second-order valence-corrected chi connectivity index (χ2v) is 7.51. The first-order chi connectivity index (χ1) is 11.5. The molecular formula is C17H15Cl2N3OS. The van der Waals surface area contributed by atoms with Gasteiger partial charge in [0.15, 0.2) is 16.6 Å². The predicted molar refractivity (Wildman–Crippen MR) is 98.5 cm³/mol. The Balaban J connectivity index is 1.83. The lowest BCUT2D eigenvalue weighted by molar-refractivity contribution is 0.0994. The van der Waals surface area contributed by atoms with Crippen molar-refractivity contribution in [3.05, 3.63) is 57.7 Å². The standard InChI is InChI=1S/C17H15Cl2N3OS/c1-3-11-4-6-12(7-5-11)15(23)10(2)24-17-21-20-16-14(19)8-13(18)9-22(16)17/h4-10H,3H2,1-2H3. The molecule has 24 heavy (non-hydrogen) atoms. The number of fused-ring (bicyclic) bond motifs is 1. The predicted octanol–water partition coefficient (Wildman–Crippen LogP) is 4.96. The highest BCUT2D eigenvalue weighted by atomic mass is 35.5. The van der Waals surface area contributed by atoms with E-state index < -0.39 is 0 Å². The summed E-state index contributed by atoms with van der Waals surface area (Å²) in [6.07, 6.45) is 2.64. The molecule has 3 aromatic rings. The maximum absolute atomic E-state index is 12.6. The SMILES string of the molecule is CCc1ccc(C(=O)C(C)Sc2nnc3c(Cl)cc(Cl)cn23)cc1. The number of hydrogen-bond acceptors (Lipinski definition) is 4. The van der Waals surface area contributed by atoms with Crippen LogP contribution in [0.4, 0.5) is 0 Å². The summed E-state index contributed by atoms with van der Waals surface area (Å²) >= 11 is 13.5. The molecule has 4 nitrogen and oxygen atoms in total. The van der Waals surface area contributed by atoms with E-state index in [9.17, 15) is 4.79 Å². The van der Waals surface area contributed by atoms with E-state index in [0.29, 0.717) is 26.4 Å². The van der Waals surface area contributed by atoms with E-state index in [1.807, 2.05) is 31.2 Å². The largest absolute Gasteiger partial charge is 0.293 e. The number of pyridine rings is 1. The second-order valence-electron chi connectivity index (χ2n) is 5.36. The fourth-order valence-electron chi connectivity index (χ4n) is 2.33. The molecule has 124 valence electrons. The van der Waals surface area contributed by atoms with Crippen LogP contribution in [-0.4, -0.2) is 25.6 Å². The summed E-state index contributed by atoms with van der Waals surface area (Å²) in [4.78, 5) is 12.6. The molecule has 0 aliphatic heterocycles. The number of rotatable bonds is 5. The van der Waals surface area contributed by atoms with E-state index in [4.69, 9.17) is 23.2 Å². The number of carbonyl (C=O) groups is 1. The number of benzene rings is 1. The number of carbonyl (C=O) groups excluding carboxylic acids is 1. The zero-order chi connectivity index (χ0) is 17.3. The zero-order valence-electron chi connectivity index (χ0n) is 13.2. The first-order valence-corrected chi connectivity index (χ1v) is 9.12. The molecule has 0 saturated carbocycles. The van der Waals surface area contributed by atoms with Crippen molar-refractivity contribution in [1.82, 2.24) is 14.6 Å². The Morgan fingerprint density at radius 1 is 1.25 bits per heavy atom. The van der Waals surface area contributed by atoms with Gasteiger partial charge < -0.3 is 0 Å². The molecule has 2 aromatic heterocycles. The van der Waals surface area contributed by atoms with Crippen molar-refractivity contribution in [3.63, 3.8) is 0 Å². The summed E-state index contributed by atoms with van der Waals surface area (Å²) in [5.41, 5.74) is 2.42. The van der Waals surface area contributed by atoms with Gasteiger partial charge in [-0.15, -0.1) is 10.2 Å². The van der Waals surface area contributed by atoms with Crippen molar-refractivity contribution in [2.24, 2.45) is 0 Å². The molecule has 0 spiro atoms. The second kappa shape index (κ2) is 7.13. The summed E-state index contributed by atoms with van der Waals surface area (Å²) in [7, 11) is 0. The highest BCUT2D eigenvalue weighted by Gasteiger charge is 2.20. The van der Waals surface area contributed by atoms with E-state index in [2.05, 4.69) is 17.1 Å². The van der Waals surface area contributed by atoms with Gasteiger partial charge in [0.2, 0.25) is 0 Å². The molecule has 0 aliphatic carbocycles. The minimum Gasteiger partial charge on any atom is -0.293 e. The van der Waals surface area contributed by atoms with Gasteiger partial charge in [0.25, 0.3) is 0 Å². The zero-order valence-corrected chi connectivity index (χ0v) is 15.5. The lowest BCUT2D eigenvalue weighted by Crippen LogP contribution is -2.14. The first kappa shape index (κ1) is 17.3. The Morgan fingerprint density at radius 3 is 2.62 bits per heavy atom. The summed E-state index contributed by atoms with van der Waals surface area (Å²) in [6.45, 7) is 3.94. The molecule has 1 unspecified atom stereocenters. The Labute approximate surface area is 154 Å². The molecule has 0 radical (unpaired) electrons. The quantitative estimate of drug-likeness (QED) is 0.464. The molecular weight excluding hydrogens is 365 g/mol. The Hall–Kier alpha value is -1.56. The number of hydrogen-bond donors (Lipinski definition) is 0. The third-order valence-corrected chi connectivity index (χ3v) is 5.23. The fourth-order valence-corrected chi connectivity index (χ4v) is 3.74. The van der Waals surface area contributed by atoms with Crippen molar-refractivity contribution in [2.75, 3.05) is 0 Å². The van der Waals surface area contributed by atoms with Crippen LogP contribution in [0.15, 0.2) is 41.7 Å². The van der Waals surface area contributed by atoms with Crippen LogP contribution in [0.2, 0.25) is 10.0 Å². The topological polar surface area (TPSA) is 47.3 Å². The molecule has 2 heterocycles. The van der Waals surface area contributed by atoms with Gasteiger partial charge in [-0.2, -0.15) is 0 Å². The number of halogens is 2. The van der Waals surface area contributed by atoms with Crippen LogP contribution in [0.5, 0.6) is 0 Å². The molecule has 1 atom stereocenters. The van der Waals surface area contributed by atoms with Gasteiger partial charge in [0.05, 0.1) is 15.3 Å². The number of thioether (sulfide) groups is 1. The van der Waals surface area contributed by atoms with E-state index in [1.54, 1.807) is 16.7 Å². The molecule has 3 rings (SSSR count). The number of nitrogens with zero attached hydrogens (tertiary/aromatic N) is 3. The van der Waals surface area contributed by atoms with Crippen molar-refractivity contribution >= 4 is 46.4 Å². The summed E-state index contributed by atoms with van der Waals surface area (Å²) in [5, 5.41) is 9.38. The lowest BCUT2D eigenvalue weighted by Gasteiger charge is -2.09. The van der Waals surface area contributed by atoms with Crippen molar-refractivity contribution < 1.29 is 4.79 Å². The van der Waals surface area contributed by atoms with Gasteiger partial charge >= 0.3 is 0 Å². The van der Waals surface area contributed by atoms with Crippen LogP contribution >= 0.6 is 35.0 Å². The monoisotopic (exact) mass is 379 g/mol. The minimum atomic E-state index is -0.303. The van der Waals surface area contributed by atoms with Crippen LogP contribution in [0.1, 0.15) is 29.8 Å². The Kier molecular flexibility index (Phi) is 5.13. The van der Waals surface area contributed by atoms with Gasteiger partial charge in [0.1, 0.15) is 0 Å². The molecule has 0 N–H and O–H groups in total. The van der Waals surface area contributed by atoms with Gasteiger partial charge in [-0.25, -0.2) is 0 Å². The summed E-state index contributed by atoms with van der Waals surface area (Å²) < 4.78 is 1.71. The molecule has 1 aromatic carbocycles. The van der Waals surface area contributed by atoms with Crippen LogP contribution in [0, 0.1) is 0 Å². The molecule has 0 saturated heterocycles. The molecule has 0 amide bonds. The lowest BCUT2D eigenvalue weighted by atomic mass is 10.1. The number of Topliss-reactive ketones (excluding diaryl/α,β-unsaturated/α-hetero) is 1. The highest BCUT2D eigenvalue weighted by Crippen LogP contribution is 2.28. The third-order valence-electron chi connectivity index (χ3n) is 3.69. The van der Waals surface area contributed by atoms with Crippen LogP contribution in [0.3, 0.4) is 0 Å². The van der Waals surface area contributed by atoms with Crippen LogP contribution in [-0.2, 0) is 6.42 Å². The summed E-state index contributed by atoms with van der Waals surface area (Å²) in [6, 6.07) is 9.32. The molecule has 0 aliphatic rings. The van der Waals surface area contributed by atoms with E-state index in [0.717, 1.165) is 6.42 Å². The van der Waals surface area contributed by atoms with E-state index in [-0.39, 0.29) is 11.0 Å². The molecule has 0 fully saturated rings. The van der Waals surface area contributed by atoms with Crippen LogP contribution in [0.25, 0.3) is 5.65 Å². The molecule has 7 heteroatoms. The normalized spacial score (nSPS) is 12.5. The highest BCUT2D eigenvalue weighted by molar-refractivity contribution is 8.00. The smallest absolute Gasteiger partial charge is 0.196 e. The van der Waals surface area contributed by atoms with Gasteiger partial charge in [0, 0.05) is 11.8 Å². The first-order valence-electron chi connectivity index (χ1n) is 7.49. The third kappa shape index (κ3) is 3.43. The minimum absolute atomic E-state index is 0.0486. The average Bonchev–Trinajstić information content (AvgIpc) is 2.97. The average molecular weight is 380 g/mol. The van der Waals surface area contributed by atoms with Crippen molar-refractivity contribution in [2.45, 2.75) is 30.7 Å².